The Morgan fingerprint density at radius 2 is 1.87 bits per heavy atom. The van der Waals surface area contributed by atoms with Crippen LogP contribution in [0.1, 0.15) is 26.7 Å². The number of nitrogens with zero attached hydrogens (tertiary/aromatic N) is 1. The lowest BCUT2D eigenvalue weighted by Gasteiger charge is -2.20. The van der Waals surface area contributed by atoms with Gasteiger partial charge in [0, 0.05) is 12.8 Å². The van der Waals surface area contributed by atoms with E-state index in [2.05, 4.69) is 6.58 Å². The van der Waals surface area contributed by atoms with E-state index in [1.807, 2.05) is 0 Å². The van der Waals surface area contributed by atoms with Gasteiger partial charge in [-0.25, -0.2) is 4.79 Å². The average Bonchev–Trinajstić information content (AvgIpc) is 2.49. The molecule has 0 saturated carbocycles. The summed E-state index contributed by atoms with van der Waals surface area (Å²) in [4.78, 5) is 38.5. The molecule has 5 heteroatoms. The van der Waals surface area contributed by atoms with Crippen LogP contribution in [-0.4, -0.2) is 22.8 Å². The number of imide groups is 1. The first kappa shape index (κ1) is 11.4. The number of rotatable bonds is 3. The van der Waals surface area contributed by atoms with Crippen molar-refractivity contribution in [2.75, 3.05) is 0 Å². The molecule has 0 aromatic rings. The van der Waals surface area contributed by atoms with E-state index in [-0.39, 0.29) is 12.8 Å². The van der Waals surface area contributed by atoms with Crippen molar-refractivity contribution in [2.45, 2.75) is 26.7 Å². The molecule has 0 aliphatic carbocycles. The molecule has 0 aromatic carbocycles. The third kappa shape index (κ3) is 2.23. The van der Waals surface area contributed by atoms with Gasteiger partial charge in [0.2, 0.25) is 0 Å². The molecule has 0 radical (unpaired) electrons. The largest absolute Gasteiger partial charge is 0.342 e. The second-order valence-electron chi connectivity index (χ2n) is 3.89. The van der Waals surface area contributed by atoms with Crippen molar-refractivity contribution < 1.29 is 19.2 Å². The van der Waals surface area contributed by atoms with Crippen molar-refractivity contribution in [3.8, 4) is 0 Å². The van der Waals surface area contributed by atoms with Crippen LogP contribution >= 0.6 is 0 Å². The van der Waals surface area contributed by atoms with Crippen molar-refractivity contribution in [2.24, 2.45) is 5.41 Å². The minimum Gasteiger partial charge on any atom is -0.329 e. The summed E-state index contributed by atoms with van der Waals surface area (Å²) in [5, 5.41) is 0.535. The second-order valence-corrected chi connectivity index (χ2v) is 3.89. The van der Waals surface area contributed by atoms with Gasteiger partial charge in [-0.05, 0) is 13.8 Å². The highest BCUT2D eigenvalue weighted by Gasteiger charge is 2.36. The maximum absolute atomic E-state index is 11.5. The highest BCUT2D eigenvalue weighted by molar-refractivity contribution is 6.01. The zero-order chi connectivity index (χ0) is 11.6. The predicted molar refractivity (Wildman–Crippen MR) is 51.2 cm³/mol. The summed E-state index contributed by atoms with van der Waals surface area (Å²) >= 11 is 0. The maximum Gasteiger partial charge on any atom is 0.342 e. The maximum atomic E-state index is 11.5. The zero-order valence-electron chi connectivity index (χ0n) is 8.78. The Bertz CT molecular complexity index is 316. The molecule has 0 unspecified atom stereocenters. The van der Waals surface area contributed by atoms with Gasteiger partial charge in [-0.2, -0.15) is 0 Å². The molecule has 1 aliphatic heterocycles. The predicted octanol–water partition coefficient (Wildman–Crippen LogP) is 0.806. The normalized spacial score (nSPS) is 16.8. The summed E-state index contributed by atoms with van der Waals surface area (Å²) in [6, 6.07) is 0. The standard InChI is InChI=1S/C10H13NO4/c1-4-10(2,3)9(14)15-11-7(12)5-6-8(11)13/h4H,1,5-6H2,2-3H3. The number of hydrogen-bond acceptors (Lipinski definition) is 4. The molecule has 5 nitrogen and oxygen atoms in total. The summed E-state index contributed by atoms with van der Waals surface area (Å²) < 4.78 is 0. The molecular formula is C10H13NO4. The number of hydrogen-bond donors (Lipinski definition) is 0. The van der Waals surface area contributed by atoms with Crippen molar-refractivity contribution >= 4 is 17.8 Å². The van der Waals surface area contributed by atoms with Gasteiger partial charge in [0.25, 0.3) is 11.8 Å². The molecule has 1 heterocycles. The number of carbonyl (C=O) groups is 3. The van der Waals surface area contributed by atoms with Crippen LogP contribution in [0.2, 0.25) is 0 Å². The topological polar surface area (TPSA) is 63.7 Å². The molecule has 0 spiro atoms. The van der Waals surface area contributed by atoms with Gasteiger partial charge in [0.15, 0.2) is 0 Å². The fourth-order valence-electron chi connectivity index (χ4n) is 0.942. The summed E-state index contributed by atoms with van der Waals surface area (Å²) in [6.45, 7) is 6.66. The first-order valence-corrected chi connectivity index (χ1v) is 4.60. The molecule has 0 aromatic heterocycles. The summed E-state index contributed by atoms with van der Waals surface area (Å²) in [6.07, 6.45) is 1.60. The summed E-state index contributed by atoms with van der Waals surface area (Å²) in [7, 11) is 0. The average molecular weight is 211 g/mol. The zero-order valence-corrected chi connectivity index (χ0v) is 8.78. The SMILES string of the molecule is C=CC(C)(C)C(=O)ON1C(=O)CCC1=O. The smallest absolute Gasteiger partial charge is 0.329 e. The summed E-state index contributed by atoms with van der Waals surface area (Å²) in [5.74, 6) is -1.62. The molecule has 1 aliphatic rings. The molecule has 15 heavy (non-hydrogen) atoms. The summed E-state index contributed by atoms with van der Waals surface area (Å²) in [5.41, 5.74) is -0.914. The van der Waals surface area contributed by atoms with Gasteiger partial charge >= 0.3 is 5.97 Å². The molecule has 1 rings (SSSR count). The number of amides is 2. The van der Waals surface area contributed by atoms with Crippen molar-refractivity contribution in [3.05, 3.63) is 12.7 Å². The van der Waals surface area contributed by atoms with E-state index in [0.717, 1.165) is 0 Å². The Kier molecular flexibility index (Phi) is 2.93. The Labute approximate surface area is 87.6 Å². The van der Waals surface area contributed by atoms with Crippen molar-refractivity contribution in [1.29, 1.82) is 0 Å². The highest BCUT2D eigenvalue weighted by Crippen LogP contribution is 2.21. The Morgan fingerprint density at radius 1 is 1.40 bits per heavy atom. The minimum absolute atomic E-state index is 0.0978. The Balaban J connectivity index is 2.70. The lowest BCUT2D eigenvalue weighted by molar-refractivity contribution is -0.202. The molecule has 2 amide bonds. The quantitative estimate of drug-likeness (QED) is 0.511. The highest BCUT2D eigenvalue weighted by atomic mass is 16.7. The fourth-order valence-corrected chi connectivity index (χ4v) is 0.942. The van der Waals surface area contributed by atoms with Crippen LogP contribution in [-0.2, 0) is 19.2 Å². The molecule has 0 N–H and O–H groups in total. The van der Waals surface area contributed by atoms with Gasteiger partial charge in [-0.1, -0.05) is 6.08 Å². The van der Waals surface area contributed by atoms with Crippen LogP contribution in [0.3, 0.4) is 0 Å². The molecule has 0 atom stereocenters. The van der Waals surface area contributed by atoms with Crippen LogP contribution in [0.15, 0.2) is 12.7 Å². The van der Waals surface area contributed by atoms with Gasteiger partial charge in [-0.3, -0.25) is 9.59 Å². The van der Waals surface area contributed by atoms with Crippen molar-refractivity contribution in [3.63, 3.8) is 0 Å². The molecule has 82 valence electrons. The first-order valence-electron chi connectivity index (χ1n) is 4.60. The number of hydroxylamine groups is 2. The molecule has 1 fully saturated rings. The van der Waals surface area contributed by atoms with Crippen LogP contribution in [0.5, 0.6) is 0 Å². The van der Waals surface area contributed by atoms with Crippen LogP contribution in [0.25, 0.3) is 0 Å². The van der Waals surface area contributed by atoms with E-state index in [0.29, 0.717) is 5.06 Å². The Hall–Kier alpha value is -1.65. The second kappa shape index (κ2) is 3.84. The van der Waals surface area contributed by atoms with Gasteiger partial charge in [0.1, 0.15) is 0 Å². The third-order valence-electron chi connectivity index (χ3n) is 2.22. The van der Waals surface area contributed by atoms with Gasteiger partial charge in [0.05, 0.1) is 5.41 Å². The van der Waals surface area contributed by atoms with Crippen LogP contribution < -0.4 is 0 Å². The minimum atomic E-state index is -0.914. The monoisotopic (exact) mass is 211 g/mol. The first-order chi connectivity index (χ1) is 6.88. The van der Waals surface area contributed by atoms with E-state index in [1.165, 1.54) is 6.08 Å². The van der Waals surface area contributed by atoms with Crippen molar-refractivity contribution in [1.82, 2.24) is 5.06 Å². The number of carbonyl (C=O) groups excluding carboxylic acids is 3. The van der Waals surface area contributed by atoms with E-state index < -0.39 is 23.2 Å². The van der Waals surface area contributed by atoms with Gasteiger partial charge < -0.3 is 4.84 Å². The van der Waals surface area contributed by atoms with E-state index >= 15 is 0 Å². The molecular weight excluding hydrogens is 198 g/mol. The van der Waals surface area contributed by atoms with Crippen LogP contribution in [0.4, 0.5) is 0 Å². The third-order valence-corrected chi connectivity index (χ3v) is 2.22. The van der Waals surface area contributed by atoms with Gasteiger partial charge in [-0.15, -0.1) is 11.6 Å². The fraction of sp³-hybridized carbons (Fsp3) is 0.500. The van der Waals surface area contributed by atoms with E-state index in [1.54, 1.807) is 13.8 Å². The lowest BCUT2D eigenvalue weighted by Crippen LogP contribution is -2.37. The lowest BCUT2D eigenvalue weighted by atomic mass is 9.94. The van der Waals surface area contributed by atoms with E-state index in [4.69, 9.17) is 4.84 Å². The Morgan fingerprint density at radius 3 is 2.27 bits per heavy atom. The van der Waals surface area contributed by atoms with Crippen LogP contribution in [0, 0.1) is 5.41 Å². The van der Waals surface area contributed by atoms with E-state index in [9.17, 15) is 14.4 Å². The molecule has 1 saturated heterocycles. The molecule has 0 bridgehead atoms.